The molecule has 3 aliphatic heterocycles. The topological polar surface area (TPSA) is 93.5 Å². The van der Waals surface area contributed by atoms with Crippen LogP contribution in [0, 0.1) is 0 Å². The lowest BCUT2D eigenvalue weighted by Crippen LogP contribution is -2.48. The van der Waals surface area contributed by atoms with E-state index in [-0.39, 0.29) is 24.3 Å². The largest absolute Gasteiger partial charge is 0.376 e. The summed E-state index contributed by atoms with van der Waals surface area (Å²) in [7, 11) is 0. The highest BCUT2D eigenvalue weighted by molar-refractivity contribution is 5.74. The van der Waals surface area contributed by atoms with Crippen LogP contribution in [0.25, 0.3) is 0 Å². The van der Waals surface area contributed by atoms with Gasteiger partial charge in [-0.05, 0) is 31.2 Å². The number of rotatable bonds is 6. The van der Waals surface area contributed by atoms with Gasteiger partial charge in [0.25, 0.3) is 0 Å². The van der Waals surface area contributed by atoms with Crippen molar-refractivity contribution >= 4 is 6.03 Å². The van der Waals surface area contributed by atoms with Crippen LogP contribution in [-0.2, 0) is 29.2 Å². The first-order valence-corrected chi connectivity index (χ1v) is 11.7. The van der Waals surface area contributed by atoms with E-state index >= 15 is 0 Å². The molecule has 0 spiro atoms. The molecule has 2 N–H and O–H groups in total. The second-order valence-electron chi connectivity index (χ2n) is 8.92. The minimum atomic E-state index is -0.0866. The zero-order valence-corrected chi connectivity index (χ0v) is 18.4. The van der Waals surface area contributed by atoms with Gasteiger partial charge < -0.3 is 20.1 Å². The number of benzene rings is 1. The molecule has 0 unspecified atom stereocenters. The van der Waals surface area contributed by atoms with Gasteiger partial charge in [0.15, 0.2) is 0 Å². The summed E-state index contributed by atoms with van der Waals surface area (Å²) in [5.74, 6) is 0. The van der Waals surface area contributed by atoms with E-state index in [2.05, 4.69) is 38.0 Å². The number of nitrogens with zero attached hydrogens (tertiary/aromatic N) is 4. The van der Waals surface area contributed by atoms with Gasteiger partial charge in [-0.2, -0.15) is 0 Å². The van der Waals surface area contributed by atoms with Crippen LogP contribution < -0.4 is 10.6 Å². The smallest absolute Gasteiger partial charge is 0.315 e. The molecule has 2 aromatic rings. The predicted molar refractivity (Wildman–Crippen MR) is 118 cm³/mol. The Bertz CT molecular complexity index is 890. The number of urea groups is 1. The molecule has 5 rings (SSSR count). The van der Waals surface area contributed by atoms with E-state index < -0.39 is 0 Å². The highest BCUT2D eigenvalue weighted by Gasteiger charge is 2.27. The molecule has 32 heavy (non-hydrogen) atoms. The van der Waals surface area contributed by atoms with Crippen molar-refractivity contribution in [2.45, 2.75) is 63.6 Å². The molecule has 3 aliphatic rings. The number of carbonyl (C=O) groups is 1. The number of likely N-dealkylation sites (tertiary alicyclic amines) is 1. The molecular formula is C23H32N6O3. The maximum Gasteiger partial charge on any atom is 0.315 e. The highest BCUT2D eigenvalue weighted by Crippen LogP contribution is 2.27. The number of hydrogen-bond acceptors (Lipinski definition) is 6. The Morgan fingerprint density at radius 1 is 1.12 bits per heavy atom. The van der Waals surface area contributed by atoms with Gasteiger partial charge in [0.05, 0.1) is 24.9 Å². The fraction of sp³-hybridized carbons (Fsp3) is 0.609. The van der Waals surface area contributed by atoms with E-state index in [9.17, 15) is 4.79 Å². The molecule has 0 radical (unpaired) electrons. The summed E-state index contributed by atoms with van der Waals surface area (Å²) in [5, 5.41) is 14.9. The van der Waals surface area contributed by atoms with Crippen molar-refractivity contribution < 1.29 is 14.3 Å². The first-order chi connectivity index (χ1) is 15.7. The molecule has 2 amide bonds. The lowest BCUT2D eigenvalue weighted by molar-refractivity contribution is -0.00216. The summed E-state index contributed by atoms with van der Waals surface area (Å²) in [6, 6.07) is 10.4. The number of ether oxygens (including phenoxy) is 2. The molecule has 2 saturated heterocycles. The molecule has 0 aliphatic carbocycles. The Labute approximate surface area is 188 Å². The quantitative estimate of drug-likeness (QED) is 0.714. The van der Waals surface area contributed by atoms with Crippen molar-refractivity contribution in [3.63, 3.8) is 0 Å². The minimum Gasteiger partial charge on any atom is -0.376 e. The summed E-state index contributed by atoms with van der Waals surface area (Å²) in [5.41, 5.74) is 3.24. The Morgan fingerprint density at radius 2 is 1.97 bits per heavy atom. The Balaban J connectivity index is 1.07. The number of amides is 2. The van der Waals surface area contributed by atoms with E-state index in [4.69, 9.17) is 9.47 Å². The van der Waals surface area contributed by atoms with Crippen molar-refractivity contribution in [2.24, 2.45) is 0 Å². The number of carbonyl (C=O) groups excluding carboxylic acids is 1. The van der Waals surface area contributed by atoms with E-state index in [0.29, 0.717) is 19.7 Å². The van der Waals surface area contributed by atoms with Gasteiger partial charge in [-0.25, -0.2) is 9.48 Å². The standard InChI is InChI=1S/C23H32N6O3/c30-23(24-13-19-7-4-12-31-19)25-18-8-10-28(11-9-18)14-20-21-16-32-22(15-29(21)27-26-20)17-5-2-1-3-6-17/h1-3,5-6,18-19,22H,4,7-16H2,(H2,24,25,30)/t19-,22+/m1/s1. The summed E-state index contributed by atoms with van der Waals surface area (Å²) >= 11 is 0. The molecule has 9 nitrogen and oxygen atoms in total. The summed E-state index contributed by atoms with van der Waals surface area (Å²) in [6.45, 7) is 5.25. The van der Waals surface area contributed by atoms with E-state index in [1.807, 2.05) is 22.9 Å². The minimum absolute atomic E-state index is 0.0199. The van der Waals surface area contributed by atoms with Crippen LogP contribution >= 0.6 is 0 Å². The second kappa shape index (κ2) is 9.97. The number of aromatic nitrogens is 3. The lowest BCUT2D eigenvalue weighted by atomic mass is 10.0. The number of fused-ring (bicyclic) bond motifs is 1. The predicted octanol–water partition coefficient (Wildman–Crippen LogP) is 1.99. The second-order valence-corrected chi connectivity index (χ2v) is 8.92. The molecule has 1 aromatic heterocycles. The summed E-state index contributed by atoms with van der Waals surface area (Å²) in [6.07, 6.45) is 4.17. The third-order valence-electron chi connectivity index (χ3n) is 6.66. The summed E-state index contributed by atoms with van der Waals surface area (Å²) < 4.78 is 13.7. The maximum atomic E-state index is 12.2. The van der Waals surface area contributed by atoms with Gasteiger partial charge in [-0.1, -0.05) is 35.5 Å². The van der Waals surface area contributed by atoms with Gasteiger partial charge >= 0.3 is 6.03 Å². The average Bonchev–Trinajstić information content (AvgIpc) is 3.49. The van der Waals surface area contributed by atoms with Crippen molar-refractivity contribution in [1.82, 2.24) is 30.5 Å². The maximum absolute atomic E-state index is 12.2. The van der Waals surface area contributed by atoms with Gasteiger partial charge in [0.1, 0.15) is 11.8 Å². The molecule has 172 valence electrons. The Hall–Kier alpha value is -2.49. The summed E-state index contributed by atoms with van der Waals surface area (Å²) in [4.78, 5) is 14.6. The first-order valence-electron chi connectivity index (χ1n) is 11.7. The van der Waals surface area contributed by atoms with Crippen LogP contribution in [-0.4, -0.2) is 64.3 Å². The molecular weight excluding hydrogens is 408 g/mol. The van der Waals surface area contributed by atoms with E-state index in [1.165, 1.54) is 5.56 Å². The van der Waals surface area contributed by atoms with Crippen molar-refractivity contribution in [2.75, 3.05) is 26.2 Å². The van der Waals surface area contributed by atoms with Crippen LogP contribution in [0.3, 0.4) is 0 Å². The lowest BCUT2D eigenvalue weighted by Gasteiger charge is -2.32. The van der Waals surface area contributed by atoms with Crippen LogP contribution in [0.5, 0.6) is 0 Å². The fourth-order valence-electron chi connectivity index (χ4n) is 4.75. The van der Waals surface area contributed by atoms with Crippen molar-refractivity contribution in [1.29, 1.82) is 0 Å². The monoisotopic (exact) mass is 440 g/mol. The third kappa shape index (κ3) is 5.11. The van der Waals surface area contributed by atoms with Gasteiger partial charge in [0, 0.05) is 38.8 Å². The average molecular weight is 441 g/mol. The van der Waals surface area contributed by atoms with Crippen molar-refractivity contribution in [3.8, 4) is 0 Å². The van der Waals surface area contributed by atoms with Crippen LogP contribution in [0.2, 0.25) is 0 Å². The van der Waals surface area contributed by atoms with E-state index in [1.54, 1.807) is 0 Å². The van der Waals surface area contributed by atoms with Gasteiger partial charge in [0.2, 0.25) is 0 Å². The van der Waals surface area contributed by atoms with Crippen molar-refractivity contribution in [3.05, 3.63) is 47.3 Å². The Kier molecular flexibility index (Phi) is 6.66. The normalized spacial score (nSPS) is 24.2. The first kappa shape index (κ1) is 21.4. The molecule has 9 heteroatoms. The number of hydrogen-bond donors (Lipinski definition) is 2. The highest BCUT2D eigenvalue weighted by atomic mass is 16.5. The third-order valence-corrected chi connectivity index (χ3v) is 6.66. The zero-order chi connectivity index (χ0) is 21.8. The molecule has 1 aromatic carbocycles. The number of piperidine rings is 1. The Morgan fingerprint density at radius 3 is 2.75 bits per heavy atom. The molecule has 2 atom stereocenters. The van der Waals surface area contributed by atoms with Crippen LogP contribution in [0.1, 0.15) is 48.7 Å². The SMILES string of the molecule is O=C(NC[C@H]1CCCO1)NC1CCN(Cc2nnn3c2CO[C@H](c2ccccc2)C3)CC1. The number of nitrogens with one attached hydrogen (secondary N) is 2. The van der Waals surface area contributed by atoms with Gasteiger partial charge in [-0.3, -0.25) is 4.90 Å². The van der Waals surface area contributed by atoms with E-state index in [0.717, 1.165) is 63.3 Å². The van der Waals surface area contributed by atoms with Crippen LogP contribution in [0.15, 0.2) is 30.3 Å². The van der Waals surface area contributed by atoms with Gasteiger partial charge in [-0.15, -0.1) is 5.10 Å². The molecule has 0 bridgehead atoms. The zero-order valence-electron chi connectivity index (χ0n) is 18.4. The molecule has 0 saturated carbocycles. The van der Waals surface area contributed by atoms with Crippen LogP contribution in [0.4, 0.5) is 4.79 Å². The fourth-order valence-corrected chi connectivity index (χ4v) is 4.75. The molecule has 2 fully saturated rings. The molecule has 4 heterocycles.